The molecule has 0 bridgehead atoms. The van der Waals surface area contributed by atoms with Gasteiger partial charge in [-0.3, -0.25) is 4.79 Å². The number of carboxylic acids is 1. The molecule has 0 radical (unpaired) electrons. The first-order valence-electron chi connectivity index (χ1n) is 8.32. The molecule has 0 aliphatic heterocycles. The van der Waals surface area contributed by atoms with Crippen LogP contribution < -0.4 is 5.32 Å². The topological polar surface area (TPSA) is 69.6 Å². The van der Waals surface area contributed by atoms with Gasteiger partial charge in [-0.2, -0.15) is 0 Å². The van der Waals surface area contributed by atoms with Gasteiger partial charge in [-0.25, -0.2) is 4.79 Å². The molecule has 1 aromatic rings. The number of nitrogens with zero attached hydrogens (tertiary/aromatic N) is 1. The highest BCUT2D eigenvalue weighted by atomic mass is 16.4. The van der Waals surface area contributed by atoms with Crippen LogP contribution in [0, 0.1) is 0 Å². The SMILES string of the molecule is CC(C)N(C(=O)NC(CCC(=O)O)Cc1ccccc1)C1CC1. The quantitative estimate of drug-likeness (QED) is 0.774. The second-order valence-electron chi connectivity index (χ2n) is 6.50. The molecule has 5 nitrogen and oxygen atoms in total. The Labute approximate surface area is 137 Å². The molecule has 1 saturated carbocycles. The number of carboxylic acid groups (broad SMARTS) is 1. The number of nitrogens with one attached hydrogen (secondary N) is 1. The van der Waals surface area contributed by atoms with Crippen LogP contribution in [0.2, 0.25) is 0 Å². The molecule has 0 heterocycles. The minimum Gasteiger partial charge on any atom is -0.481 e. The normalized spacial score (nSPS) is 15.3. The van der Waals surface area contributed by atoms with Gasteiger partial charge in [0, 0.05) is 24.5 Å². The first kappa shape index (κ1) is 17.3. The Morgan fingerprint density at radius 1 is 1.26 bits per heavy atom. The Balaban J connectivity index is 2.00. The molecule has 0 saturated heterocycles. The van der Waals surface area contributed by atoms with Crippen LogP contribution in [0.25, 0.3) is 0 Å². The first-order chi connectivity index (χ1) is 11.0. The van der Waals surface area contributed by atoms with Crippen molar-refractivity contribution < 1.29 is 14.7 Å². The van der Waals surface area contributed by atoms with Gasteiger partial charge in [0.25, 0.3) is 0 Å². The molecule has 0 spiro atoms. The van der Waals surface area contributed by atoms with Crippen LogP contribution in [0.15, 0.2) is 30.3 Å². The van der Waals surface area contributed by atoms with Crippen molar-refractivity contribution in [1.29, 1.82) is 0 Å². The van der Waals surface area contributed by atoms with Gasteiger partial charge in [0.1, 0.15) is 0 Å². The summed E-state index contributed by atoms with van der Waals surface area (Å²) in [6.07, 6.45) is 3.26. The lowest BCUT2D eigenvalue weighted by molar-refractivity contribution is -0.137. The van der Waals surface area contributed by atoms with Crippen LogP contribution in [0.3, 0.4) is 0 Å². The number of carbonyl (C=O) groups excluding carboxylic acids is 1. The lowest BCUT2D eigenvalue weighted by Gasteiger charge is -2.29. The predicted octanol–water partition coefficient (Wildman–Crippen LogP) is 3.04. The molecule has 1 aliphatic rings. The van der Waals surface area contributed by atoms with Gasteiger partial charge in [-0.15, -0.1) is 0 Å². The van der Waals surface area contributed by atoms with Crippen molar-refractivity contribution in [2.45, 2.75) is 64.1 Å². The molecule has 2 rings (SSSR count). The summed E-state index contributed by atoms with van der Waals surface area (Å²) in [6.45, 7) is 4.03. The van der Waals surface area contributed by atoms with Crippen LogP contribution in [0.1, 0.15) is 45.1 Å². The van der Waals surface area contributed by atoms with Gasteiger partial charge >= 0.3 is 12.0 Å². The van der Waals surface area contributed by atoms with Crippen molar-refractivity contribution in [3.8, 4) is 0 Å². The van der Waals surface area contributed by atoms with Crippen molar-refractivity contribution in [2.24, 2.45) is 0 Å². The van der Waals surface area contributed by atoms with Gasteiger partial charge < -0.3 is 15.3 Å². The maximum Gasteiger partial charge on any atom is 0.318 e. The monoisotopic (exact) mass is 318 g/mol. The van der Waals surface area contributed by atoms with Crippen molar-refractivity contribution in [2.75, 3.05) is 0 Å². The Morgan fingerprint density at radius 2 is 1.91 bits per heavy atom. The van der Waals surface area contributed by atoms with E-state index in [2.05, 4.69) is 5.32 Å². The smallest absolute Gasteiger partial charge is 0.318 e. The fourth-order valence-electron chi connectivity index (χ4n) is 2.85. The van der Waals surface area contributed by atoms with E-state index in [0.717, 1.165) is 18.4 Å². The number of hydrogen-bond donors (Lipinski definition) is 2. The molecule has 1 unspecified atom stereocenters. The third-order valence-electron chi connectivity index (χ3n) is 4.09. The summed E-state index contributed by atoms with van der Waals surface area (Å²) in [6, 6.07) is 10.1. The van der Waals surface area contributed by atoms with Crippen molar-refractivity contribution >= 4 is 12.0 Å². The molecule has 23 heavy (non-hydrogen) atoms. The van der Waals surface area contributed by atoms with E-state index < -0.39 is 5.97 Å². The molecule has 5 heteroatoms. The van der Waals surface area contributed by atoms with Gasteiger partial charge in [-0.1, -0.05) is 30.3 Å². The highest BCUT2D eigenvalue weighted by Gasteiger charge is 2.34. The van der Waals surface area contributed by atoms with Crippen molar-refractivity contribution in [1.82, 2.24) is 10.2 Å². The van der Waals surface area contributed by atoms with Crippen molar-refractivity contribution in [3.05, 3.63) is 35.9 Å². The summed E-state index contributed by atoms with van der Waals surface area (Å²) in [5, 5.41) is 12.0. The Bertz CT molecular complexity index is 524. The van der Waals surface area contributed by atoms with Crippen LogP contribution in [0.4, 0.5) is 4.79 Å². The largest absolute Gasteiger partial charge is 0.481 e. The predicted molar refractivity (Wildman–Crippen MR) is 89.3 cm³/mol. The van der Waals surface area contributed by atoms with Gasteiger partial charge in [0.2, 0.25) is 0 Å². The van der Waals surface area contributed by atoms with Gasteiger partial charge in [0.05, 0.1) is 0 Å². The van der Waals surface area contributed by atoms with Crippen LogP contribution in [-0.4, -0.2) is 40.1 Å². The number of hydrogen-bond acceptors (Lipinski definition) is 2. The minimum absolute atomic E-state index is 0.0584. The highest BCUT2D eigenvalue weighted by molar-refractivity contribution is 5.75. The lowest BCUT2D eigenvalue weighted by Crippen LogP contribution is -2.49. The number of rotatable bonds is 8. The molecule has 126 valence electrons. The zero-order valence-electron chi connectivity index (χ0n) is 13.9. The Hall–Kier alpha value is -2.04. The summed E-state index contributed by atoms with van der Waals surface area (Å²) in [5.41, 5.74) is 1.10. The van der Waals surface area contributed by atoms with E-state index >= 15 is 0 Å². The van der Waals surface area contributed by atoms with E-state index in [1.54, 1.807) is 0 Å². The fourth-order valence-corrected chi connectivity index (χ4v) is 2.85. The average molecular weight is 318 g/mol. The number of urea groups is 1. The minimum atomic E-state index is -0.833. The standard InChI is InChI=1S/C18H26N2O3/c1-13(2)20(16-9-10-16)18(23)19-15(8-11-17(21)22)12-14-6-4-3-5-7-14/h3-7,13,15-16H,8-12H2,1-2H3,(H,19,23)(H,21,22). The van der Waals surface area contributed by atoms with Crippen molar-refractivity contribution in [3.63, 3.8) is 0 Å². The molecule has 1 atom stereocenters. The first-order valence-corrected chi connectivity index (χ1v) is 8.32. The Kier molecular flexibility index (Phi) is 6.02. The summed E-state index contributed by atoms with van der Waals surface area (Å²) in [7, 11) is 0. The summed E-state index contributed by atoms with van der Waals surface area (Å²) in [4.78, 5) is 25.3. The summed E-state index contributed by atoms with van der Waals surface area (Å²) < 4.78 is 0. The summed E-state index contributed by atoms with van der Waals surface area (Å²) >= 11 is 0. The Morgan fingerprint density at radius 3 is 2.43 bits per heavy atom. The number of carbonyl (C=O) groups is 2. The lowest BCUT2D eigenvalue weighted by atomic mass is 10.0. The van der Waals surface area contributed by atoms with E-state index in [4.69, 9.17) is 5.11 Å². The second kappa shape index (κ2) is 7.99. The van der Waals surface area contributed by atoms with Crippen LogP contribution in [-0.2, 0) is 11.2 Å². The maximum atomic E-state index is 12.6. The molecule has 0 aromatic heterocycles. The van der Waals surface area contributed by atoms with E-state index in [-0.39, 0.29) is 24.5 Å². The molecule has 1 aliphatic carbocycles. The molecule has 1 fully saturated rings. The number of aliphatic carboxylic acids is 1. The molecule has 2 N–H and O–H groups in total. The van der Waals surface area contributed by atoms with Gasteiger partial charge in [-0.05, 0) is 45.1 Å². The van der Waals surface area contributed by atoms with E-state index in [1.807, 2.05) is 49.1 Å². The number of benzene rings is 1. The number of amides is 2. The average Bonchev–Trinajstić information content (AvgIpc) is 3.30. The third-order valence-corrected chi connectivity index (χ3v) is 4.09. The molecular formula is C18H26N2O3. The third kappa shape index (κ3) is 5.58. The van der Waals surface area contributed by atoms with E-state index in [9.17, 15) is 9.59 Å². The van der Waals surface area contributed by atoms with E-state index in [1.165, 1.54) is 0 Å². The molecular weight excluding hydrogens is 292 g/mol. The van der Waals surface area contributed by atoms with Gasteiger partial charge in [0.15, 0.2) is 0 Å². The zero-order chi connectivity index (χ0) is 16.8. The maximum absolute atomic E-state index is 12.6. The molecule has 2 amide bonds. The zero-order valence-corrected chi connectivity index (χ0v) is 13.9. The fraction of sp³-hybridized carbons (Fsp3) is 0.556. The highest BCUT2D eigenvalue weighted by Crippen LogP contribution is 2.28. The summed E-state index contributed by atoms with van der Waals surface area (Å²) in [5.74, 6) is -0.833. The van der Waals surface area contributed by atoms with Crippen LogP contribution >= 0.6 is 0 Å². The molecule has 1 aromatic carbocycles. The van der Waals surface area contributed by atoms with E-state index in [0.29, 0.717) is 18.9 Å². The van der Waals surface area contributed by atoms with Crippen LogP contribution in [0.5, 0.6) is 0 Å². The second-order valence-corrected chi connectivity index (χ2v) is 6.50.